The van der Waals surface area contributed by atoms with Crippen molar-refractivity contribution in [1.82, 2.24) is 0 Å². The van der Waals surface area contributed by atoms with Crippen molar-refractivity contribution in [2.24, 2.45) is 10.9 Å². The molecule has 28 heavy (non-hydrogen) atoms. The van der Waals surface area contributed by atoms with Crippen LogP contribution in [-0.4, -0.2) is 24.1 Å². The number of fused-ring (bicyclic) bond motifs is 2. The minimum Gasteiger partial charge on any atom is -0.324 e. The minimum atomic E-state index is -0.231. The third-order valence-electron chi connectivity index (χ3n) is 5.49. The number of nitrogens with zero attached hydrogens (tertiary/aromatic N) is 2. The number of aryl methyl sites for hydroxylation is 2. The Labute approximate surface area is 173 Å². The Balaban J connectivity index is 1.68. The molecule has 2 amide bonds. The summed E-state index contributed by atoms with van der Waals surface area (Å²) in [4.78, 5) is 32.5. The van der Waals surface area contributed by atoms with E-state index in [0.29, 0.717) is 5.69 Å². The molecule has 0 radical (unpaired) electrons. The summed E-state index contributed by atoms with van der Waals surface area (Å²) in [7, 11) is 0. The first-order valence-electron chi connectivity index (χ1n) is 9.48. The van der Waals surface area contributed by atoms with Crippen LogP contribution in [0.25, 0.3) is 0 Å². The van der Waals surface area contributed by atoms with E-state index in [2.05, 4.69) is 21.2 Å². The molecule has 0 saturated heterocycles. The fourth-order valence-corrected chi connectivity index (χ4v) is 4.22. The van der Waals surface area contributed by atoms with Gasteiger partial charge in [-0.25, -0.2) is 0 Å². The molecule has 1 aliphatic heterocycles. The summed E-state index contributed by atoms with van der Waals surface area (Å²) in [6, 6.07) is 11.4. The van der Waals surface area contributed by atoms with Gasteiger partial charge in [-0.1, -0.05) is 12.1 Å². The van der Waals surface area contributed by atoms with Crippen LogP contribution >= 0.6 is 15.9 Å². The molecule has 6 heteroatoms. The SMILES string of the molecule is Cc1cc2c(cc1C)N(CC(=O)Nc1ccccc1Br)C(=O)[C@@H]1CCCC1=N2. The molecular formula is C22H22BrN3O2. The van der Waals surface area contributed by atoms with Gasteiger partial charge < -0.3 is 10.2 Å². The molecule has 1 saturated carbocycles. The molecule has 5 nitrogen and oxygen atoms in total. The van der Waals surface area contributed by atoms with Crippen molar-refractivity contribution in [2.75, 3.05) is 16.8 Å². The summed E-state index contributed by atoms with van der Waals surface area (Å²) >= 11 is 3.44. The number of anilines is 2. The van der Waals surface area contributed by atoms with Crippen LogP contribution in [0.15, 0.2) is 45.9 Å². The van der Waals surface area contributed by atoms with Crippen LogP contribution in [0.3, 0.4) is 0 Å². The van der Waals surface area contributed by atoms with E-state index in [-0.39, 0.29) is 24.3 Å². The maximum atomic E-state index is 13.3. The van der Waals surface area contributed by atoms with Gasteiger partial charge in [0.05, 0.1) is 23.0 Å². The smallest absolute Gasteiger partial charge is 0.244 e. The van der Waals surface area contributed by atoms with E-state index in [9.17, 15) is 9.59 Å². The molecule has 4 rings (SSSR count). The maximum Gasteiger partial charge on any atom is 0.244 e. The normalized spacial score (nSPS) is 18.2. The number of rotatable bonds is 3. The fourth-order valence-electron chi connectivity index (χ4n) is 3.84. The van der Waals surface area contributed by atoms with E-state index >= 15 is 0 Å². The number of hydrogen-bond donors (Lipinski definition) is 1. The lowest BCUT2D eigenvalue weighted by atomic mass is 10.0. The standard InChI is InChI=1S/C22H22BrN3O2/c1-13-10-19-20(11-14(13)2)26(22(28)15-6-5-9-17(15)24-19)12-21(27)25-18-8-4-3-7-16(18)23/h3-4,7-8,10-11,15H,5-6,9,12H2,1-2H3,(H,25,27)/t15-/m1/s1. The fraction of sp³-hybridized carbons (Fsp3) is 0.318. The van der Waals surface area contributed by atoms with Gasteiger partial charge in [0, 0.05) is 10.2 Å². The molecular weight excluding hydrogens is 418 g/mol. The van der Waals surface area contributed by atoms with Crippen molar-refractivity contribution >= 4 is 50.5 Å². The maximum absolute atomic E-state index is 13.3. The second kappa shape index (κ2) is 7.51. The second-order valence-corrected chi connectivity index (χ2v) is 8.28. The number of benzene rings is 2. The number of halogens is 1. The number of hydrogen-bond acceptors (Lipinski definition) is 3. The van der Waals surface area contributed by atoms with Crippen molar-refractivity contribution in [2.45, 2.75) is 33.1 Å². The molecule has 1 fully saturated rings. The summed E-state index contributed by atoms with van der Waals surface area (Å²) in [6.07, 6.45) is 2.61. The van der Waals surface area contributed by atoms with Gasteiger partial charge in [-0.2, -0.15) is 0 Å². The lowest BCUT2D eigenvalue weighted by Gasteiger charge is -2.25. The highest BCUT2D eigenvalue weighted by Gasteiger charge is 2.37. The first kappa shape index (κ1) is 18.9. The van der Waals surface area contributed by atoms with E-state index in [1.54, 1.807) is 4.90 Å². The Morgan fingerprint density at radius 1 is 1.25 bits per heavy atom. The van der Waals surface area contributed by atoms with E-state index in [0.717, 1.165) is 51.9 Å². The largest absolute Gasteiger partial charge is 0.324 e. The van der Waals surface area contributed by atoms with Crippen molar-refractivity contribution in [3.63, 3.8) is 0 Å². The Bertz CT molecular complexity index is 999. The van der Waals surface area contributed by atoms with Crippen molar-refractivity contribution in [1.29, 1.82) is 0 Å². The van der Waals surface area contributed by atoms with Gasteiger partial charge in [0.15, 0.2) is 0 Å². The summed E-state index contributed by atoms with van der Waals surface area (Å²) in [6.45, 7) is 4.02. The molecule has 1 N–H and O–H groups in total. The predicted molar refractivity (Wildman–Crippen MR) is 115 cm³/mol. The Hall–Kier alpha value is -2.47. The van der Waals surface area contributed by atoms with Gasteiger partial charge in [-0.15, -0.1) is 0 Å². The first-order valence-corrected chi connectivity index (χ1v) is 10.3. The van der Waals surface area contributed by atoms with Crippen LogP contribution in [0, 0.1) is 19.8 Å². The van der Waals surface area contributed by atoms with E-state index in [1.807, 2.05) is 50.2 Å². The van der Waals surface area contributed by atoms with E-state index in [1.165, 1.54) is 0 Å². The number of para-hydroxylation sites is 1. The summed E-state index contributed by atoms with van der Waals surface area (Å²) in [5, 5.41) is 2.90. The number of carbonyl (C=O) groups is 2. The van der Waals surface area contributed by atoms with Crippen molar-refractivity contribution in [3.8, 4) is 0 Å². The third-order valence-corrected chi connectivity index (χ3v) is 6.18. The van der Waals surface area contributed by atoms with Crippen LogP contribution in [0.4, 0.5) is 17.1 Å². The zero-order valence-corrected chi connectivity index (χ0v) is 17.5. The molecule has 1 atom stereocenters. The lowest BCUT2D eigenvalue weighted by molar-refractivity contribution is -0.122. The Kier molecular flexibility index (Phi) is 5.06. The highest BCUT2D eigenvalue weighted by molar-refractivity contribution is 9.10. The van der Waals surface area contributed by atoms with Crippen LogP contribution < -0.4 is 10.2 Å². The van der Waals surface area contributed by atoms with Crippen molar-refractivity contribution < 1.29 is 9.59 Å². The molecule has 1 aliphatic carbocycles. The van der Waals surface area contributed by atoms with Gasteiger partial charge in [0.25, 0.3) is 0 Å². The Morgan fingerprint density at radius 3 is 2.79 bits per heavy atom. The monoisotopic (exact) mass is 439 g/mol. The van der Waals surface area contributed by atoms with Gasteiger partial charge >= 0.3 is 0 Å². The summed E-state index contributed by atoms with van der Waals surface area (Å²) < 4.78 is 0.804. The van der Waals surface area contributed by atoms with E-state index < -0.39 is 0 Å². The molecule has 0 bridgehead atoms. The number of aliphatic imine (C=N–C) groups is 1. The third kappa shape index (κ3) is 3.49. The van der Waals surface area contributed by atoms with Gasteiger partial charge in [0.2, 0.25) is 11.8 Å². The van der Waals surface area contributed by atoms with Crippen LogP contribution in [0.5, 0.6) is 0 Å². The molecule has 2 aromatic rings. The number of nitrogens with one attached hydrogen (secondary N) is 1. The summed E-state index contributed by atoms with van der Waals surface area (Å²) in [5.74, 6) is -0.476. The molecule has 144 valence electrons. The molecule has 0 aromatic heterocycles. The number of carbonyl (C=O) groups excluding carboxylic acids is 2. The van der Waals surface area contributed by atoms with Crippen LogP contribution in [0.2, 0.25) is 0 Å². The van der Waals surface area contributed by atoms with Gasteiger partial charge in [-0.3, -0.25) is 14.6 Å². The highest BCUT2D eigenvalue weighted by atomic mass is 79.9. The average molecular weight is 440 g/mol. The topological polar surface area (TPSA) is 61.8 Å². The Morgan fingerprint density at radius 2 is 2.00 bits per heavy atom. The summed E-state index contributed by atoms with van der Waals surface area (Å²) in [5.41, 5.74) is 5.34. The second-order valence-electron chi connectivity index (χ2n) is 7.43. The highest BCUT2D eigenvalue weighted by Crippen LogP contribution is 2.39. The quantitative estimate of drug-likeness (QED) is 0.736. The van der Waals surface area contributed by atoms with E-state index in [4.69, 9.17) is 4.99 Å². The van der Waals surface area contributed by atoms with Gasteiger partial charge in [0.1, 0.15) is 6.54 Å². The van der Waals surface area contributed by atoms with Gasteiger partial charge in [-0.05, 0) is 84.4 Å². The minimum absolute atomic E-state index is 0.0273. The zero-order valence-electron chi connectivity index (χ0n) is 16.0. The predicted octanol–water partition coefficient (Wildman–Crippen LogP) is 4.92. The average Bonchev–Trinajstić information content (AvgIpc) is 3.09. The zero-order chi connectivity index (χ0) is 19.8. The van der Waals surface area contributed by atoms with Crippen LogP contribution in [-0.2, 0) is 9.59 Å². The molecule has 0 spiro atoms. The van der Waals surface area contributed by atoms with Crippen LogP contribution in [0.1, 0.15) is 30.4 Å². The lowest BCUT2D eigenvalue weighted by Crippen LogP contribution is -2.42. The molecule has 2 aromatic carbocycles. The number of amides is 2. The molecule has 0 unspecified atom stereocenters. The van der Waals surface area contributed by atoms with Crippen molar-refractivity contribution in [3.05, 3.63) is 52.0 Å². The molecule has 1 heterocycles. The first-order chi connectivity index (χ1) is 13.4. The molecule has 2 aliphatic rings.